The number of nitrogens with one attached hydrogen (secondary N) is 2. The van der Waals surface area contributed by atoms with Gasteiger partial charge in [0.1, 0.15) is 12.1 Å². The van der Waals surface area contributed by atoms with Gasteiger partial charge in [0.15, 0.2) is 5.65 Å². The minimum Gasteiger partial charge on any atom is -0.356 e. The summed E-state index contributed by atoms with van der Waals surface area (Å²) in [5, 5.41) is 0.621. The van der Waals surface area contributed by atoms with Crippen molar-refractivity contribution in [3.8, 4) is 0 Å². The second-order valence-corrected chi connectivity index (χ2v) is 12.6. The lowest BCUT2D eigenvalue weighted by atomic mass is 9.86. The van der Waals surface area contributed by atoms with E-state index in [1.54, 1.807) is 30.3 Å². The number of aryl methyl sites for hydroxylation is 1. The number of benzene rings is 1. The lowest BCUT2D eigenvalue weighted by Crippen LogP contribution is -2.55. The Balaban J connectivity index is 1.31. The van der Waals surface area contributed by atoms with Gasteiger partial charge in [-0.2, -0.15) is 13.1 Å². The Hall–Kier alpha value is -2.54. The van der Waals surface area contributed by atoms with Crippen LogP contribution in [0.15, 0.2) is 47.8 Å². The molecular weight excluding hydrogens is 476 g/mol. The van der Waals surface area contributed by atoms with E-state index in [-0.39, 0.29) is 17.0 Å². The van der Waals surface area contributed by atoms with Gasteiger partial charge in [0, 0.05) is 31.9 Å². The minimum atomic E-state index is -3.81. The molecule has 2 aromatic heterocycles. The molecule has 0 spiro atoms. The average molecular weight is 505 g/mol. The van der Waals surface area contributed by atoms with Crippen LogP contribution in [0, 0.1) is 12.8 Å². The first-order chi connectivity index (χ1) is 16.1. The quantitative estimate of drug-likeness (QED) is 0.455. The molecule has 2 aliphatic carbocycles. The lowest BCUT2D eigenvalue weighted by molar-refractivity contribution is 0.315. The fraction of sp³-hybridized carbons (Fsp3) is 0.455. The zero-order valence-corrected chi connectivity index (χ0v) is 20.7. The maximum absolute atomic E-state index is 13.2. The molecule has 2 N–H and O–H groups in total. The van der Waals surface area contributed by atoms with Crippen molar-refractivity contribution in [1.29, 1.82) is 0 Å². The summed E-state index contributed by atoms with van der Waals surface area (Å²) in [6, 6.07) is 8.32. The van der Waals surface area contributed by atoms with Gasteiger partial charge in [-0.1, -0.05) is 17.7 Å². The predicted octanol–water partition coefficient (Wildman–Crippen LogP) is 1.78. The zero-order chi connectivity index (χ0) is 24.1. The molecule has 182 valence electrons. The largest absolute Gasteiger partial charge is 0.356 e. The van der Waals surface area contributed by atoms with Crippen LogP contribution in [0.4, 0.5) is 5.82 Å². The molecule has 12 heteroatoms. The maximum Gasteiger partial charge on any atom is 0.277 e. The Morgan fingerprint density at radius 3 is 2.44 bits per heavy atom. The van der Waals surface area contributed by atoms with E-state index in [4.69, 9.17) is 0 Å². The lowest BCUT2D eigenvalue weighted by Gasteiger charge is -2.41. The van der Waals surface area contributed by atoms with Crippen LogP contribution in [0.25, 0.3) is 11.0 Å². The molecule has 2 saturated carbocycles. The average Bonchev–Trinajstić information content (AvgIpc) is 3.50. The van der Waals surface area contributed by atoms with Crippen LogP contribution < -0.4 is 14.3 Å². The van der Waals surface area contributed by atoms with Crippen molar-refractivity contribution in [2.45, 2.75) is 49.6 Å². The number of anilines is 1. The molecule has 2 heterocycles. The summed E-state index contributed by atoms with van der Waals surface area (Å²) in [7, 11) is -5.42. The van der Waals surface area contributed by atoms with E-state index in [9.17, 15) is 16.8 Å². The minimum absolute atomic E-state index is 0.0753. The second kappa shape index (κ2) is 8.59. The fourth-order valence-electron chi connectivity index (χ4n) is 4.20. The summed E-state index contributed by atoms with van der Waals surface area (Å²) < 4.78 is 57.3. The Morgan fingerprint density at radius 2 is 1.76 bits per heavy atom. The van der Waals surface area contributed by atoms with Gasteiger partial charge in [0.25, 0.3) is 20.2 Å². The molecule has 2 aliphatic rings. The molecule has 34 heavy (non-hydrogen) atoms. The standard InChI is InChI=1S/C22H28N6O4S2/c1-15-3-7-19(8-4-15)33(29,30)28-10-9-20-21(23-14-24-22(20)28)27(2)18-11-17(12-18)26-34(31,32)25-13-16-5-6-16/h3-4,7-10,14,16-18,25-26H,5-6,11-13H2,1-2H3/t17-,18+. The third-order valence-corrected chi connectivity index (χ3v) is 9.45. The Morgan fingerprint density at radius 1 is 1.06 bits per heavy atom. The first kappa shape index (κ1) is 23.2. The maximum atomic E-state index is 13.2. The highest BCUT2D eigenvalue weighted by molar-refractivity contribution is 7.90. The van der Waals surface area contributed by atoms with Gasteiger partial charge in [0.2, 0.25) is 0 Å². The summed E-state index contributed by atoms with van der Waals surface area (Å²) >= 11 is 0. The van der Waals surface area contributed by atoms with E-state index in [1.807, 2.05) is 18.9 Å². The monoisotopic (exact) mass is 504 g/mol. The van der Waals surface area contributed by atoms with Crippen molar-refractivity contribution in [3.05, 3.63) is 48.4 Å². The molecule has 0 saturated heterocycles. The SMILES string of the molecule is Cc1ccc(S(=O)(=O)n2ccc3c(N(C)[C@H]4C[C@@H](NS(=O)(=O)NCC5CC5)C4)ncnc32)cc1. The number of hydrogen-bond acceptors (Lipinski definition) is 7. The number of aromatic nitrogens is 3. The Kier molecular flexibility index (Phi) is 5.87. The number of rotatable bonds is 9. The van der Waals surface area contributed by atoms with Crippen LogP contribution in [0.5, 0.6) is 0 Å². The molecule has 0 radical (unpaired) electrons. The highest BCUT2D eigenvalue weighted by Crippen LogP contribution is 2.33. The summed E-state index contributed by atoms with van der Waals surface area (Å²) in [5.41, 5.74) is 1.28. The predicted molar refractivity (Wildman–Crippen MR) is 129 cm³/mol. The molecule has 0 unspecified atom stereocenters. The van der Waals surface area contributed by atoms with E-state index in [1.165, 1.54) is 16.5 Å². The molecule has 5 rings (SSSR count). The van der Waals surface area contributed by atoms with E-state index >= 15 is 0 Å². The Bertz CT molecular complexity index is 1410. The van der Waals surface area contributed by atoms with E-state index < -0.39 is 20.2 Å². The number of hydrogen-bond donors (Lipinski definition) is 2. The summed E-state index contributed by atoms with van der Waals surface area (Å²) in [6.07, 6.45) is 6.29. The van der Waals surface area contributed by atoms with Crippen LogP contribution in [-0.4, -0.2) is 56.5 Å². The van der Waals surface area contributed by atoms with Crippen molar-refractivity contribution >= 4 is 37.1 Å². The molecule has 0 amide bonds. The third kappa shape index (κ3) is 4.54. The summed E-state index contributed by atoms with van der Waals surface area (Å²) in [6.45, 7) is 2.39. The van der Waals surface area contributed by atoms with Crippen LogP contribution in [0.1, 0.15) is 31.2 Å². The molecule has 0 aliphatic heterocycles. The van der Waals surface area contributed by atoms with Gasteiger partial charge in [-0.3, -0.25) is 0 Å². The van der Waals surface area contributed by atoms with Gasteiger partial charge in [-0.05, 0) is 56.7 Å². The second-order valence-electron chi connectivity index (χ2n) is 9.21. The van der Waals surface area contributed by atoms with Gasteiger partial charge in [-0.25, -0.2) is 27.1 Å². The van der Waals surface area contributed by atoms with Gasteiger partial charge < -0.3 is 4.90 Å². The normalized spacial score (nSPS) is 20.9. The number of fused-ring (bicyclic) bond motifs is 1. The smallest absolute Gasteiger partial charge is 0.277 e. The van der Waals surface area contributed by atoms with Gasteiger partial charge in [-0.15, -0.1) is 0 Å². The van der Waals surface area contributed by atoms with Crippen molar-refractivity contribution < 1.29 is 16.8 Å². The summed E-state index contributed by atoms with van der Waals surface area (Å²) in [4.78, 5) is 10.8. The molecular formula is C22H28N6O4S2. The van der Waals surface area contributed by atoms with E-state index in [0.29, 0.717) is 42.2 Å². The molecule has 0 bridgehead atoms. The van der Waals surface area contributed by atoms with Crippen molar-refractivity contribution in [2.75, 3.05) is 18.5 Å². The zero-order valence-electron chi connectivity index (χ0n) is 19.0. The van der Waals surface area contributed by atoms with E-state index in [2.05, 4.69) is 19.4 Å². The first-order valence-corrected chi connectivity index (χ1v) is 14.2. The fourth-order valence-corrected chi connectivity index (χ4v) is 6.67. The highest BCUT2D eigenvalue weighted by Gasteiger charge is 2.36. The van der Waals surface area contributed by atoms with Crippen LogP contribution in [-0.2, 0) is 20.2 Å². The van der Waals surface area contributed by atoms with Crippen LogP contribution >= 0.6 is 0 Å². The van der Waals surface area contributed by atoms with Crippen LogP contribution in [0.2, 0.25) is 0 Å². The van der Waals surface area contributed by atoms with Crippen molar-refractivity contribution in [2.24, 2.45) is 5.92 Å². The molecule has 1 aromatic carbocycles. The topological polar surface area (TPSA) is 126 Å². The molecule has 10 nitrogen and oxygen atoms in total. The Labute approximate surface area is 199 Å². The number of nitrogens with zero attached hydrogens (tertiary/aromatic N) is 4. The first-order valence-electron chi connectivity index (χ1n) is 11.3. The molecule has 0 atom stereocenters. The van der Waals surface area contributed by atoms with Gasteiger partial charge >= 0.3 is 0 Å². The van der Waals surface area contributed by atoms with Crippen molar-refractivity contribution in [1.82, 2.24) is 23.4 Å². The molecule has 3 aromatic rings. The van der Waals surface area contributed by atoms with E-state index in [0.717, 1.165) is 18.4 Å². The molecule has 2 fully saturated rings. The third-order valence-electron chi connectivity index (χ3n) is 6.58. The summed E-state index contributed by atoms with van der Waals surface area (Å²) in [5.74, 6) is 1.08. The highest BCUT2D eigenvalue weighted by atomic mass is 32.2. The van der Waals surface area contributed by atoms with Crippen LogP contribution in [0.3, 0.4) is 0 Å². The van der Waals surface area contributed by atoms with Crippen molar-refractivity contribution in [3.63, 3.8) is 0 Å². The van der Waals surface area contributed by atoms with Gasteiger partial charge in [0.05, 0.1) is 10.3 Å².